The summed E-state index contributed by atoms with van der Waals surface area (Å²) < 4.78 is 17.4. The number of hydrogen-bond acceptors (Lipinski definition) is 7. The minimum Gasteiger partial charge on any atom is -0.491 e. The Balaban J connectivity index is 1.86. The SMILES string of the molecule is N#Cc1ccc(NC(=O)O[C@@H](c2cccc(OCCO)c2)[C@H](CCO)Oc2ccccc2)cc1. The summed E-state index contributed by atoms with van der Waals surface area (Å²) in [7, 11) is 0. The lowest BCUT2D eigenvalue weighted by Gasteiger charge is -2.28. The maximum absolute atomic E-state index is 12.8. The number of benzene rings is 3. The Hall–Kier alpha value is -4.06. The lowest BCUT2D eigenvalue weighted by atomic mass is 10.0. The van der Waals surface area contributed by atoms with Crippen molar-refractivity contribution in [3.63, 3.8) is 0 Å². The number of nitrogens with zero attached hydrogens (tertiary/aromatic N) is 1. The summed E-state index contributed by atoms with van der Waals surface area (Å²) in [5.41, 5.74) is 1.53. The molecule has 34 heavy (non-hydrogen) atoms. The standard InChI is InChI=1S/C26H26N2O6/c27-18-19-9-11-21(12-10-19)28-26(31)34-25(20-5-4-8-23(17-20)32-16-15-30)24(13-14-29)33-22-6-2-1-3-7-22/h1-12,17,24-25,29-30H,13-16H2,(H,28,31)/t24-,25-/m0/s1. The molecule has 3 aromatic rings. The van der Waals surface area contributed by atoms with Crippen molar-refractivity contribution in [3.8, 4) is 17.6 Å². The molecule has 0 aliphatic heterocycles. The average Bonchev–Trinajstić information content (AvgIpc) is 2.87. The highest BCUT2D eigenvalue weighted by atomic mass is 16.6. The van der Waals surface area contributed by atoms with Crippen molar-refractivity contribution in [2.45, 2.75) is 18.6 Å². The normalized spacial score (nSPS) is 12.1. The van der Waals surface area contributed by atoms with E-state index in [9.17, 15) is 9.90 Å². The highest BCUT2D eigenvalue weighted by Gasteiger charge is 2.29. The van der Waals surface area contributed by atoms with Gasteiger partial charge in [0.05, 0.1) is 18.2 Å². The minimum atomic E-state index is -0.886. The van der Waals surface area contributed by atoms with Gasteiger partial charge < -0.3 is 24.4 Å². The summed E-state index contributed by atoms with van der Waals surface area (Å²) in [6.07, 6.45) is -2.11. The second-order valence-corrected chi connectivity index (χ2v) is 7.27. The highest BCUT2D eigenvalue weighted by molar-refractivity contribution is 5.84. The minimum absolute atomic E-state index is 0.120. The lowest BCUT2D eigenvalue weighted by molar-refractivity contribution is 0.00897. The average molecular weight is 463 g/mol. The molecule has 0 aliphatic carbocycles. The number of hydrogen-bond donors (Lipinski definition) is 3. The molecule has 0 spiro atoms. The third-order valence-corrected chi connectivity index (χ3v) is 4.82. The van der Waals surface area contributed by atoms with Gasteiger partial charge in [0.15, 0.2) is 6.10 Å². The van der Waals surface area contributed by atoms with Gasteiger partial charge in [-0.3, -0.25) is 5.32 Å². The van der Waals surface area contributed by atoms with E-state index in [1.54, 1.807) is 60.7 Å². The van der Waals surface area contributed by atoms with Crippen LogP contribution >= 0.6 is 0 Å². The Bertz CT molecular complexity index is 1080. The summed E-state index contributed by atoms with van der Waals surface area (Å²) in [6, 6.07) is 24.4. The van der Waals surface area contributed by atoms with Crippen LogP contribution in [0.4, 0.5) is 10.5 Å². The maximum atomic E-state index is 12.8. The number of aliphatic hydroxyl groups is 2. The number of rotatable bonds is 11. The van der Waals surface area contributed by atoms with E-state index in [0.29, 0.717) is 28.3 Å². The molecule has 0 bridgehead atoms. The van der Waals surface area contributed by atoms with Crippen molar-refractivity contribution in [2.75, 3.05) is 25.1 Å². The summed E-state index contributed by atoms with van der Waals surface area (Å²) in [4.78, 5) is 12.8. The number of carbonyl (C=O) groups excluding carboxylic acids is 1. The molecular formula is C26H26N2O6. The Morgan fingerprint density at radius 3 is 2.35 bits per heavy atom. The van der Waals surface area contributed by atoms with Crippen LogP contribution < -0.4 is 14.8 Å². The smallest absolute Gasteiger partial charge is 0.412 e. The Kier molecular flexibility index (Phi) is 9.29. The van der Waals surface area contributed by atoms with E-state index in [1.807, 2.05) is 24.3 Å². The van der Waals surface area contributed by atoms with Crippen molar-refractivity contribution in [1.29, 1.82) is 5.26 Å². The van der Waals surface area contributed by atoms with Crippen LogP contribution in [0.25, 0.3) is 0 Å². The first-order valence-electron chi connectivity index (χ1n) is 10.8. The predicted molar refractivity (Wildman–Crippen MR) is 126 cm³/mol. The largest absolute Gasteiger partial charge is 0.491 e. The highest BCUT2D eigenvalue weighted by Crippen LogP contribution is 2.30. The fourth-order valence-corrected chi connectivity index (χ4v) is 3.27. The molecule has 3 N–H and O–H groups in total. The van der Waals surface area contributed by atoms with Crippen molar-refractivity contribution < 1.29 is 29.2 Å². The molecule has 0 saturated carbocycles. The van der Waals surface area contributed by atoms with Gasteiger partial charge in [0.1, 0.15) is 24.2 Å². The molecule has 0 aliphatic rings. The van der Waals surface area contributed by atoms with Crippen LogP contribution in [0.15, 0.2) is 78.9 Å². The van der Waals surface area contributed by atoms with E-state index < -0.39 is 18.3 Å². The zero-order chi connectivity index (χ0) is 24.2. The van der Waals surface area contributed by atoms with Gasteiger partial charge in [-0.15, -0.1) is 0 Å². The van der Waals surface area contributed by atoms with Crippen LogP contribution in [0.5, 0.6) is 11.5 Å². The van der Waals surface area contributed by atoms with Gasteiger partial charge in [-0.25, -0.2) is 4.79 Å². The summed E-state index contributed by atoms with van der Waals surface area (Å²) in [5, 5.41) is 30.3. The third kappa shape index (κ3) is 7.24. The van der Waals surface area contributed by atoms with E-state index >= 15 is 0 Å². The molecule has 0 radical (unpaired) electrons. The Morgan fingerprint density at radius 2 is 1.68 bits per heavy atom. The van der Waals surface area contributed by atoms with Crippen molar-refractivity contribution in [1.82, 2.24) is 0 Å². The number of para-hydroxylation sites is 1. The van der Waals surface area contributed by atoms with Gasteiger partial charge in [0.25, 0.3) is 0 Å². The Labute approximate surface area is 197 Å². The molecular weight excluding hydrogens is 436 g/mol. The topological polar surface area (TPSA) is 121 Å². The van der Waals surface area contributed by atoms with Gasteiger partial charge in [0.2, 0.25) is 0 Å². The monoisotopic (exact) mass is 462 g/mol. The lowest BCUT2D eigenvalue weighted by Crippen LogP contribution is -2.31. The van der Waals surface area contributed by atoms with E-state index in [0.717, 1.165) is 0 Å². The molecule has 0 heterocycles. The maximum Gasteiger partial charge on any atom is 0.412 e. The van der Waals surface area contributed by atoms with Crippen LogP contribution in [0, 0.1) is 11.3 Å². The van der Waals surface area contributed by atoms with Crippen LogP contribution in [0.2, 0.25) is 0 Å². The molecule has 0 fully saturated rings. The van der Waals surface area contributed by atoms with Crippen molar-refractivity contribution in [2.24, 2.45) is 0 Å². The van der Waals surface area contributed by atoms with Crippen LogP contribution in [-0.4, -0.2) is 42.2 Å². The van der Waals surface area contributed by atoms with Gasteiger partial charge >= 0.3 is 6.09 Å². The van der Waals surface area contributed by atoms with E-state index in [4.69, 9.17) is 24.6 Å². The number of carbonyl (C=O) groups is 1. The number of nitriles is 1. The first-order chi connectivity index (χ1) is 16.6. The van der Waals surface area contributed by atoms with Gasteiger partial charge in [-0.2, -0.15) is 5.26 Å². The van der Waals surface area contributed by atoms with Gasteiger partial charge in [-0.1, -0.05) is 30.3 Å². The zero-order valence-corrected chi connectivity index (χ0v) is 18.5. The molecule has 8 nitrogen and oxygen atoms in total. The van der Waals surface area contributed by atoms with Gasteiger partial charge in [0, 0.05) is 18.7 Å². The van der Waals surface area contributed by atoms with E-state index in [2.05, 4.69) is 5.32 Å². The third-order valence-electron chi connectivity index (χ3n) is 4.82. The molecule has 0 saturated heterocycles. The van der Waals surface area contributed by atoms with E-state index in [1.165, 1.54) is 0 Å². The van der Waals surface area contributed by atoms with Crippen molar-refractivity contribution >= 4 is 11.8 Å². The van der Waals surface area contributed by atoms with Crippen LogP contribution in [-0.2, 0) is 4.74 Å². The van der Waals surface area contributed by atoms with Crippen LogP contribution in [0.1, 0.15) is 23.7 Å². The molecule has 8 heteroatoms. The second kappa shape index (κ2) is 12.8. The number of anilines is 1. The molecule has 0 aromatic heterocycles. The first kappa shape index (κ1) is 24.6. The molecule has 2 atom stereocenters. The van der Waals surface area contributed by atoms with Crippen LogP contribution in [0.3, 0.4) is 0 Å². The molecule has 3 rings (SSSR count). The molecule has 176 valence electrons. The first-order valence-corrected chi connectivity index (χ1v) is 10.8. The number of ether oxygens (including phenoxy) is 3. The molecule has 0 unspecified atom stereocenters. The fraction of sp³-hybridized carbons (Fsp3) is 0.231. The predicted octanol–water partition coefficient (Wildman–Crippen LogP) is 4.05. The number of amides is 1. The molecule has 1 amide bonds. The zero-order valence-electron chi connectivity index (χ0n) is 18.5. The second-order valence-electron chi connectivity index (χ2n) is 7.27. The van der Waals surface area contributed by atoms with Crippen molar-refractivity contribution in [3.05, 3.63) is 90.0 Å². The summed E-state index contributed by atoms with van der Waals surface area (Å²) in [5.74, 6) is 1.06. The fourth-order valence-electron chi connectivity index (χ4n) is 3.27. The number of aliphatic hydroxyl groups excluding tert-OH is 2. The molecule has 3 aromatic carbocycles. The quantitative estimate of drug-likeness (QED) is 0.393. The van der Waals surface area contributed by atoms with E-state index in [-0.39, 0.29) is 26.2 Å². The summed E-state index contributed by atoms with van der Waals surface area (Å²) >= 11 is 0. The summed E-state index contributed by atoms with van der Waals surface area (Å²) in [6.45, 7) is -0.203. The van der Waals surface area contributed by atoms with Gasteiger partial charge in [-0.05, 0) is 54.1 Å². The number of nitrogens with one attached hydrogen (secondary N) is 1. The Morgan fingerprint density at radius 1 is 0.941 bits per heavy atom.